The van der Waals surface area contributed by atoms with Crippen LogP contribution in [0, 0.1) is 17.6 Å². The van der Waals surface area contributed by atoms with Gasteiger partial charge in [0.2, 0.25) is 5.91 Å². The Morgan fingerprint density at radius 2 is 1.76 bits per heavy atom. The molecule has 2 amide bonds. The van der Waals surface area contributed by atoms with E-state index in [9.17, 15) is 18.4 Å². The topological polar surface area (TPSA) is 58.2 Å². The summed E-state index contributed by atoms with van der Waals surface area (Å²) in [5.41, 5.74) is 1.30. The van der Waals surface area contributed by atoms with Crippen LogP contribution in [0.5, 0.6) is 0 Å². The van der Waals surface area contributed by atoms with Gasteiger partial charge in [0.15, 0.2) is 0 Å². The fraction of sp³-hybridized carbons (Fsp3) is 0.263. The normalized spacial score (nSPS) is 14.7. The number of benzene rings is 2. The van der Waals surface area contributed by atoms with Crippen molar-refractivity contribution in [3.05, 3.63) is 65.2 Å². The van der Waals surface area contributed by atoms with Crippen LogP contribution in [-0.4, -0.2) is 11.8 Å². The molecule has 0 bridgehead atoms. The Kier molecular flexibility index (Phi) is 4.79. The first-order chi connectivity index (χ1) is 11.9. The molecule has 0 heterocycles. The summed E-state index contributed by atoms with van der Waals surface area (Å²) in [4.78, 5) is 23.8. The van der Waals surface area contributed by atoms with Gasteiger partial charge in [-0.3, -0.25) is 9.59 Å². The predicted octanol–water partition coefficient (Wildman–Crippen LogP) is 3.80. The number of hydrogen-bond donors (Lipinski definition) is 2. The molecule has 1 aliphatic carbocycles. The number of carbonyl (C=O) groups excluding carboxylic acids is 2. The highest BCUT2D eigenvalue weighted by Gasteiger charge is 2.29. The second kappa shape index (κ2) is 7.01. The van der Waals surface area contributed by atoms with Crippen molar-refractivity contribution in [3.63, 3.8) is 0 Å². The fourth-order valence-electron chi connectivity index (χ4n) is 2.48. The van der Waals surface area contributed by atoms with E-state index >= 15 is 0 Å². The third-order valence-corrected chi connectivity index (χ3v) is 4.15. The minimum atomic E-state index is -0.900. The summed E-state index contributed by atoms with van der Waals surface area (Å²) < 4.78 is 26.6. The van der Waals surface area contributed by atoms with Gasteiger partial charge in [-0.05, 0) is 49.6 Å². The molecule has 0 spiro atoms. The molecule has 0 aromatic heterocycles. The summed E-state index contributed by atoms with van der Waals surface area (Å²) in [5, 5.41) is 5.51. The molecular weight excluding hydrogens is 326 g/mol. The molecule has 0 radical (unpaired) electrons. The Labute approximate surface area is 144 Å². The lowest BCUT2D eigenvalue weighted by atomic mass is 10.1. The molecule has 0 saturated heterocycles. The molecule has 1 saturated carbocycles. The summed E-state index contributed by atoms with van der Waals surface area (Å²) in [6, 6.07) is 9.56. The number of halogens is 2. The van der Waals surface area contributed by atoms with Crippen LogP contribution in [0.3, 0.4) is 0 Å². The highest BCUT2D eigenvalue weighted by atomic mass is 19.1. The van der Waals surface area contributed by atoms with Gasteiger partial charge in [0.1, 0.15) is 11.6 Å². The van der Waals surface area contributed by atoms with E-state index in [1.807, 2.05) is 0 Å². The summed E-state index contributed by atoms with van der Waals surface area (Å²) in [6.07, 6.45) is 1.87. The second-order valence-electron chi connectivity index (χ2n) is 6.20. The first-order valence-corrected chi connectivity index (χ1v) is 8.11. The van der Waals surface area contributed by atoms with E-state index in [-0.39, 0.29) is 23.4 Å². The van der Waals surface area contributed by atoms with E-state index < -0.39 is 17.5 Å². The third kappa shape index (κ3) is 4.21. The van der Waals surface area contributed by atoms with Crippen molar-refractivity contribution in [2.75, 3.05) is 5.32 Å². The van der Waals surface area contributed by atoms with E-state index in [1.165, 1.54) is 0 Å². The van der Waals surface area contributed by atoms with E-state index in [2.05, 4.69) is 10.6 Å². The Morgan fingerprint density at radius 1 is 1.08 bits per heavy atom. The maximum absolute atomic E-state index is 13.7. The molecule has 3 rings (SSSR count). The first kappa shape index (κ1) is 17.1. The standard InChI is InChI=1S/C19H18F2N2O2/c1-11(22-19(25)16-9-6-14(20)10-17(16)21)12-4-7-15(8-5-12)23-18(24)13-2-3-13/h4-11,13H,2-3H2,1H3,(H,22,25)(H,23,24). The Bertz CT molecular complexity index is 802. The zero-order valence-electron chi connectivity index (χ0n) is 13.7. The minimum absolute atomic E-state index is 0.0286. The summed E-state index contributed by atoms with van der Waals surface area (Å²) in [5.74, 6) is -2.09. The van der Waals surface area contributed by atoms with Crippen molar-refractivity contribution < 1.29 is 18.4 Å². The molecule has 1 aliphatic rings. The largest absolute Gasteiger partial charge is 0.345 e. The molecule has 4 nitrogen and oxygen atoms in total. The lowest BCUT2D eigenvalue weighted by molar-refractivity contribution is -0.117. The van der Waals surface area contributed by atoms with Crippen molar-refractivity contribution >= 4 is 17.5 Å². The lowest BCUT2D eigenvalue weighted by Crippen LogP contribution is -2.27. The Morgan fingerprint density at radius 3 is 2.36 bits per heavy atom. The number of carbonyl (C=O) groups is 2. The smallest absolute Gasteiger partial charge is 0.254 e. The molecule has 2 aromatic carbocycles. The van der Waals surface area contributed by atoms with Crippen molar-refractivity contribution in [3.8, 4) is 0 Å². The number of anilines is 1. The summed E-state index contributed by atoms with van der Waals surface area (Å²) in [6.45, 7) is 1.76. The van der Waals surface area contributed by atoms with Gasteiger partial charge in [0.05, 0.1) is 11.6 Å². The van der Waals surface area contributed by atoms with Gasteiger partial charge in [0, 0.05) is 17.7 Å². The van der Waals surface area contributed by atoms with Gasteiger partial charge in [-0.2, -0.15) is 0 Å². The molecule has 0 aliphatic heterocycles. The lowest BCUT2D eigenvalue weighted by Gasteiger charge is -2.15. The van der Waals surface area contributed by atoms with Crippen LogP contribution in [-0.2, 0) is 4.79 Å². The van der Waals surface area contributed by atoms with Crippen molar-refractivity contribution in [2.45, 2.75) is 25.8 Å². The van der Waals surface area contributed by atoms with Crippen LogP contribution in [0.15, 0.2) is 42.5 Å². The zero-order chi connectivity index (χ0) is 18.0. The van der Waals surface area contributed by atoms with E-state index in [4.69, 9.17) is 0 Å². The molecular formula is C19H18F2N2O2. The maximum Gasteiger partial charge on any atom is 0.254 e. The SMILES string of the molecule is CC(NC(=O)c1ccc(F)cc1F)c1ccc(NC(=O)C2CC2)cc1. The van der Waals surface area contributed by atoms with Gasteiger partial charge in [-0.15, -0.1) is 0 Å². The van der Waals surface area contributed by atoms with Gasteiger partial charge in [0.25, 0.3) is 5.91 Å². The molecule has 1 atom stereocenters. The molecule has 25 heavy (non-hydrogen) atoms. The van der Waals surface area contributed by atoms with Crippen LogP contribution >= 0.6 is 0 Å². The molecule has 2 N–H and O–H groups in total. The quantitative estimate of drug-likeness (QED) is 0.867. The molecule has 1 fully saturated rings. The van der Waals surface area contributed by atoms with Crippen LogP contribution in [0.1, 0.15) is 41.7 Å². The van der Waals surface area contributed by atoms with Gasteiger partial charge >= 0.3 is 0 Å². The molecule has 2 aromatic rings. The van der Waals surface area contributed by atoms with Crippen LogP contribution < -0.4 is 10.6 Å². The maximum atomic E-state index is 13.7. The third-order valence-electron chi connectivity index (χ3n) is 4.15. The fourth-order valence-corrected chi connectivity index (χ4v) is 2.48. The average Bonchev–Trinajstić information content (AvgIpc) is 3.40. The summed E-state index contributed by atoms with van der Waals surface area (Å²) in [7, 11) is 0. The Balaban J connectivity index is 1.63. The van der Waals surface area contributed by atoms with Crippen molar-refractivity contribution in [1.29, 1.82) is 0 Å². The highest BCUT2D eigenvalue weighted by molar-refractivity contribution is 5.95. The number of rotatable bonds is 5. The zero-order valence-corrected chi connectivity index (χ0v) is 13.7. The number of amides is 2. The second-order valence-corrected chi connectivity index (χ2v) is 6.20. The monoisotopic (exact) mass is 344 g/mol. The van der Waals surface area contributed by atoms with Crippen LogP contribution in [0.4, 0.5) is 14.5 Å². The van der Waals surface area contributed by atoms with E-state index in [1.54, 1.807) is 31.2 Å². The number of nitrogens with one attached hydrogen (secondary N) is 2. The predicted molar refractivity (Wildman–Crippen MR) is 90.0 cm³/mol. The molecule has 130 valence electrons. The van der Waals surface area contributed by atoms with Gasteiger partial charge < -0.3 is 10.6 Å². The van der Waals surface area contributed by atoms with E-state index in [0.717, 1.165) is 30.5 Å². The van der Waals surface area contributed by atoms with Crippen LogP contribution in [0.25, 0.3) is 0 Å². The highest BCUT2D eigenvalue weighted by Crippen LogP contribution is 2.30. The van der Waals surface area contributed by atoms with E-state index in [0.29, 0.717) is 11.8 Å². The molecule has 6 heteroatoms. The van der Waals surface area contributed by atoms with Gasteiger partial charge in [-0.1, -0.05) is 12.1 Å². The average molecular weight is 344 g/mol. The van der Waals surface area contributed by atoms with Crippen LogP contribution in [0.2, 0.25) is 0 Å². The van der Waals surface area contributed by atoms with Crippen molar-refractivity contribution in [2.24, 2.45) is 5.92 Å². The van der Waals surface area contributed by atoms with Crippen molar-refractivity contribution in [1.82, 2.24) is 5.32 Å². The van der Waals surface area contributed by atoms with Gasteiger partial charge in [-0.25, -0.2) is 8.78 Å². The number of hydrogen-bond acceptors (Lipinski definition) is 2. The molecule has 1 unspecified atom stereocenters. The first-order valence-electron chi connectivity index (χ1n) is 8.11. The Hall–Kier alpha value is -2.76. The summed E-state index contributed by atoms with van der Waals surface area (Å²) >= 11 is 0. The minimum Gasteiger partial charge on any atom is -0.345 e.